The summed E-state index contributed by atoms with van der Waals surface area (Å²) in [4.78, 5) is 4.16. The SMILES string of the molecule is Cc1cc(C)c(CN[C@H](C)c2cccnc2)cc1C. The van der Waals surface area contributed by atoms with Gasteiger partial charge in [-0.2, -0.15) is 0 Å². The zero-order valence-electron chi connectivity index (χ0n) is 12.2. The highest BCUT2D eigenvalue weighted by Crippen LogP contribution is 2.17. The number of pyridine rings is 1. The lowest BCUT2D eigenvalue weighted by Gasteiger charge is -2.16. The van der Waals surface area contributed by atoms with Crippen LogP contribution in [0.4, 0.5) is 0 Å². The molecule has 0 bridgehead atoms. The van der Waals surface area contributed by atoms with Crippen molar-refractivity contribution in [3.63, 3.8) is 0 Å². The van der Waals surface area contributed by atoms with Gasteiger partial charge < -0.3 is 5.32 Å². The van der Waals surface area contributed by atoms with Gasteiger partial charge in [0.2, 0.25) is 0 Å². The van der Waals surface area contributed by atoms with E-state index in [1.807, 2.05) is 18.5 Å². The van der Waals surface area contributed by atoms with Crippen LogP contribution in [0.15, 0.2) is 36.7 Å². The third kappa shape index (κ3) is 3.42. The van der Waals surface area contributed by atoms with Gasteiger partial charge in [-0.3, -0.25) is 4.98 Å². The third-order valence-corrected chi connectivity index (χ3v) is 3.74. The Labute approximate surface area is 115 Å². The van der Waals surface area contributed by atoms with E-state index in [2.05, 4.69) is 56.2 Å². The topological polar surface area (TPSA) is 24.9 Å². The highest BCUT2D eigenvalue weighted by Gasteiger charge is 2.06. The van der Waals surface area contributed by atoms with Crippen molar-refractivity contribution in [3.8, 4) is 0 Å². The van der Waals surface area contributed by atoms with Gasteiger partial charge in [0.05, 0.1) is 0 Å². The summed E-state index contributed by atoms with van der Waals surface area (Å²) in [6, 6.07) is 8.95. The summed E-state index contributed by atoms with van der Waals surface area (Å²) in [5, 5.41) is 3.56. The molecule has 2 rings (SSSR count). The molecule has 0 saturated carbocycles. The van der Waals surface area contributed by atoms with Crippen LogP contribution in [0.1, 0.15) is 40.8 Å². The fourth-order valence-electron chi connectivity index (χ4n) is 2.22. The fraction of sp³-hybridized carbons (Fsp3) is 0.353. The quantitative estimate of drug-likeness (QED) is 0.896. The molecule has 100 valence electrons. The number of rotatable bonds is 4. The van der Waals surface area contributed by atoms with Gasteiger partial charge in [0.25, 0.3) is 0 Å². The van der Waals surface area contributed by atoms with Crippen molar-refractivity contribution in [1.29, 1.82) is 0 Å². The molecule has 1 atom stereocenters. The molecule has 1 aromatic heterocycles. The first-order valence-electron chi connectivity index (χ1n) is 6.78. The van der Waals surface area contributed by atoms with E-state index in [1.165, 1.54) is 27.8 Å². The lowest BCUT2D eigenvalue weighted by molar-refractivity contribution is 0.571. The van der Waals surface area contributed by atoms with E-state index in [4.69, 9.17) is 0 Å². The predicted octanol–water partition coefficient (Wildman–Crippen LogP) is 3.86. The minimum atomic E-state index is 0.315. The normalized spacial score (nSPS) is 12.4. The lowest BCUT2D eigenvalue weighted by Crippen LogP contribution is -2.18. The van der Waals surface area contributed by atoms with Gasteiger partial charge >= 0.3 is 0 Å². The summed E-state index contributed by atoms with van der Waals surface area (Å²) < 4.78 is 0. The van der Waals surface area contributed by atoms with Crippen LogP contribution in [0, 0.1) is 20.8 Å². The molecule has 0 aliphatic heterocycles. The molecule has 0 saturated heterocycles. The molecule has 0 spiro atoms. The molecule has 2 heteroatoms. The van der Waals surface area contributed by atoms with Gasteiger partial charge in [-0.1, -0.05) is 18.2 Å². The molecule has 0 aliphatic rings. The predicted molar refractivity (Wildman–Crippen MR) is 80.1 cm³/mol. The number of hydrogen-bond donors (Lipinski definition) is 1. The Morgan fingerprint density at radius 2 is 1.84 bits per heavy atom. The lowest BCUT2D eigenvalue weighted by atomic mass is 10.0. The van der Waals surface area contributed by atoms with Crippen LogP contribution in [0.2, 0.25) is 0 Å². The molecule has 0 amide bonds. The van der Waals surface area contributed by atoms with Gasteiger partial charge in [0, 0.05) is 25.0 Å². The maximum Gasteiger partial charge on any atom is 0.0315 e. The number of benzene rings is 1. The summed E-state index contributed by atoms with van der Waals surface area (Å²) >= 11 is 0. The number of nitrogens with zero attached hydrogens (tertiary/aromatic N) is 1. The van der Waals surface area contributed by atoms with Crippen molar-refractivity contribution >= 4 is 0 Å². The first-order chi connectivity index (χ1) is 9.08. The Morgan fingerprint density at radius 1 is 1.11 bits per heavy atom. The third-order valence-electron chi connectivity index (χ3n) is 3.74. The molecule has 0 radical (unpaired) electrons. The van der Waals surface area contributed by atoms with Gasteiger partial charge in [0.1, 0.15) is 0 Å². The summed E-state index contributed by atoms with van der Waals surface area (Å²) in [7, 11) is 0. The smallest absolute Gasteiger partial charge is 0.0315 e. The number of aromatic nitrogens is 1. The molecule has 0 unspecified atom stereocenters. The van der Waals surface area contributed by atoms with Crippen LogP contribution in [0.3, 0.4) is 0 Å². The number of hydrogen-bond acceptors (Lipinski definition) is 2. The monoisotopic (exact) mass is 254 g/mol. The molecule has 0 fully saturated rings. The van der Waals surface area contributed by atoms with Crippen LogP contribution in [0.25, 0.3) is 0 Å². The van der Waals surface area contributed by atoms with Crippen molar-refractivity contribution in [2.45, 2.75) is 40.3 Å². The molecule has 19 heavy (non-hydrogen) atoms. The second-order valence-corrected chi connectivity index (χ2v) is 5.25. The Kier molecular flexibility index (Phi) is 4.33. The minimum Gasteiger partial charge on any atom is -0.306 e. The molecule has 1 aromatic carbocycles. The maximum atomic E-state index is 4.16. The number of aryl methyl sites for hydroxylation is 3. The fourth-order valence-corrected chi connectivity index (χ4v) is 2.22. The van der Waals surface area contributed by atoms with Crippen LogP contribution >= 0.6 is 0 Å². The van der Waals surface area contributed by atoms with Crippen LogP contribution < -0.4 is 5.32 Å². The van der Waals surface area contributed by atoms with Crippen molar-refractivity contribution in [1.82, 2.24) is 10.3 Å². The average Bonchev–Trinajstić information content (AvgIpc) is 2.42. The van der Waals surface area contributed by atoms with Crippen molar-refractivity contribution in [2.24, 2.45) is 0 Å². The van der Waals surface area contributed by atoms with Gasteiger partial charge in [-0.05, 0) is 61.6 Å². The first kappa shape index (κ1) is 13.8. The van der Waals surface area contributed by atoms with Crippen molar-refractivity contribution < 1.29 is 0 Å². The molecule has 1 heterocycles. The van der Waals surface area contributed by atoms with E-state index in [0.717, 1.165) is 6.54 Å². The summed E-state index contributed by atoms with van der Waals surface area (Å²) in [5.74, 6) is 0. The Balaban J connectivity index is 2.05. The Bertz CT molecular complexity index is 547. The van der Waals surface area contributed by atoms with Gasteiger partial charge in [-0.15, -0.1) is 0 Å². The molecule has 2 nitrogen and oxygen atoms in total. The molecular formula is C17H22N2. The second-order valence-electron chi connectivity index (χ2n) is 5.25. The summed E-state index contributed by atoms with van der Waals surface area (Å²) in [6.07, 6.45) is 3.73. The maximum absolute atomic E-state index is 4.16. The van der Waals surface area contributed by atoms with Crippen molar-refractivity contribution in [2.75, 3.05) is 0 Å². The minimum absolute atomic E-state index is 0.315. The summed E-state index contributed by atoms with van der Waals surface area (Å²) in [6.45, 7) is 9.58. The molecular weight excluding hydrogens is 232 g/mol. The standard InChI is InChI=1S/C17H22N2/c1-12-8-14(3)17(9-13(12)2)11-19-15(4)16-6-5-7-18-10-16/h5-10,15,19H,11H2,1-4H3/t15-/m1/s1. The second kappa shape index (κ2) is 5.98. The number of nitrogens with one attached hydrogen (secondary N) is 1. The van der Waals surface area contributed by atoms with E-state index in [1.54, 1.807) is 0 Å². The zero-order valence-corrected chi connectivity index (χ0v) is 12.2. The van der Waals surface area contributed by atoms with E-state index < -0.39 is 0 Å². The molecule has 2 aromatic rings. The van der Waals surface area contributed by atoms with Crippen LogP contribution in [0.5, 0.6) is 0 Å². The van der Waals surface area contributed by atoms with E-state index >= 15 is 0 Å². The van der Waals surface area contributed by atoms with E-state index in [-0.39, 0.29) is 0 Å². The van der Waals surface area contributed by atoms with E-state index in [9.17, 15) is 0 Å². The van der Waals surface area contributed by atoms with Crippen LogP contribution in [-0.4, -0.2) is 4.98 Å². The average molecular weight is 254 g/mol. The first-order valence-corrected chi connectivity index (χ1v) is 6.78. The Hall–Kier alpha value is -1.67. The summed E-state index contributed by atoms with van der Waals surface area (Å²) in [5.41, 5.74) is 6.68. The highest BCUT2D eigenvalue weighted by molar-refractivity contribution is 5.36. The van der Waals surface area contributed by atoms with E-state index in [0.29, 0.717) is 6.04 Å². The molecule has 1 N–H and O–H groups in total. The zero-order chi connectivity index (χ0) is 13.8. The van der Waals surface area contributed by atoms with Crippen LogP contribution in [-0.2, 0) is 6.54 Å². The largest absolute Gasteiger partial charge is 0.306 e. The van der Waals surface area contributed by atoms with Crippen molar-refractivity contribution in [3.05, 3.63) is 64.5 Å². The van der Waals surface area contributed by atoms with Gasteiger partial charge in [0.15, 0.2) is 0 Å². The van der Waals surface area contributed by atoms with Gasteiger partial charge in [-0.25, -0.2) is 0 Å². The molecule has 0 aliphatic carbocycles. The highest BCUT2D eigenvalue weighted by atomic mass is 14.9. The Morgan fingerprint density at radius 3 is 2.53 bits per heavy atom.